The summed E-state index contributed by atoms with van der Waals surface area (Å²) >= 11 is 0. The first-order valence-electron chi connectivity index (χ1n) is 10.4. The number of fused-ring (bicyclic) bond motifs is 3. The summed E-state index contributed by atoms with van der Waals surface area (Å²) in [6.45, 7) is 0.557. The Morgan fingerprint density at radius 1 is 1.03 bits per heavy atom. The Balaban J connectivity index is 1.17. The Hall–Kier alpha value is -2.57. The van der Waals surface area contributed by atoms with Crippen LogP contribution in [0.25, 0.3) is 11.3 Å². The second-order valence-electron chi connectivity index (χ2n) is 8.19. The Kier molecular flexibility index (Phi) is 5.12. The highest BCUT2D eigenvalue weighted by Gasteiger charge is 2.33. The largest absolute Gasteiger partial charge is 0.393 e. The lowest BCUT2D eigenvalue weighted by Gasteiger charge is -2.32. The van der Waals surface area contributed by atoms with Crippen LogP contribution in [-0.4, -0.2) is 36.8 Å². The third-order valence-corrected chi connectivity index (χ3v) is 6.43. The van der Waals surface area contributed by atoms with E-state index in [0.717, 1.165) is 43.4 Å². The number of aromatic nitrogens is 4. The minimum atomic E-state index is -0.315. The van der Waals surface area contributed by atoms with Crippen molar-refractivity contribution >= 4 is 0 Å². The maximum atomic E-state index is 11.0. The number of aliphatic hydroxyl groups excluding tert-OH is 1. The second kappa shape index (κ2) is 8.05. The zero-order valence-corrected chi connectivity index (χ0v) is 16.4. The Bertz CT molecular complexity index is 950. The summed E-state index contributed by atoms with van der Waals surface area (Å²) < 4.78 is 8.25. The average molecular weight is 390 g/mol. The molecule has 3 aromatic rings. The van der Waals surface area contributed by atoms with E-state index in [1.165, 1.54) is 17.5 Å². The van der Waals surface area contributed by atoms with Crippen LogP contribution in [0, 0.1) is 5.92 Å². The highest BCUT2D eigenvalue weighted by Crippen LogP contribution is 2.42. The van der Waals surface area contributed by atoms with Crippen molar-refractivity contribution in [2.75, 3.05) is 0 Å². The van der Waals surface area contributed by atoms with Crippen LogP contribution < -0.4 is 0 Å². The summed E-state index contributed by atoms with van der Waals surface area (Å²) in [7, 11) is 0. The van der Waals surface area contributed by atoms with Crippen molar-refractivity contribution in [2.45, 2.75) is 57.0 Å². The monoisotopic (exact) mass is 390 g/mol. The summed E-state index contributed by atoms with van der Waals surface area (Å²) in [4.78, 5) is 12.4. The van der Waals surface area contributed by atoms with Crippen molar-refractivity contribution < 1.29 is 9.84 Å². The van der Waals surface area contributed by atoms with Gasteiger partial charge in [0.05, 0.1) is 43.1 Å². The maximum Gasteiger partial charge on any atom is 0.115 e. The summed E-state index contributed by atoms with van der Waals surface area (Å²) in [5.74, 6) is 0.328. The van der Waals surface area contributed by atoms with Crippen LogP contribution in [0.4, 0.5) is 0 Å². The first-order chi connectivity index (χ1) is 14.3. The van der Waals surface area contributed by atoms with E-state index >= 15 is 0 Å². The predicted octanol–water partition coefficient (Wildman–Crippen LogP) is 3.77. The van der Waals surface area contributed by atoms with Crippen molar-refractivity contribution in [3.05, 3.63) is 66.6 Å². The molecule has 0 saturated heterocycles. The summed E-state index contributed by atoms with van der Waals surface area (Å²) in [6.07, 6.45) is 13.6. The smallest absolute Gasteiger partial charge is 0.115 e. The van der Waals surface area contributed by atoms with Gasteiger partial charge in [0.2, 0.25) is 0 Å². The topological polar surface area (TPSA) is 73.1 Å². The minimum Gasteiger partial charge on any atom is -0.393 e. The van der Waals surface area contributed by atoms with Gasteiger partial charge in [-0.3, -0.25) is 0 Å². The first kappa shape index (κ1) is 18.5. The molecule has 2 aromatic heterocycles. The maximum absolute atomic E-state index is 11.0. The summed E-state index contributed by atoms with van der Waals surface area (Å²) in [5.41, 5.74) is 4.70. The van der Waals surface area contributed by atoms with Gasteiger partial charge >= 0.3 is 0 Å². The molecular weight excluding hydrogens is 364 g/mol. The molecule has 1 saturated carbocycles. The zero-order chi connectivity index (χ0) is 19.6. The molecule has 1 fully saturated rings. The number of benzene rings is 1. The number of ether oxygens (including phenoxy) is 1. The normalized spacial score (nSPS) is 24.1. The van der Waals surface area contributed by atoms with Crippen LogP contribution in [0.1, 0.15) is 49.3 Å². The molecule has 6 heteroatoms. The van der Waals surface area contributed by atoms with Gasteiger partial charge in [-0.1, -0.05) is 24.3 Å². The Morgan fingerprint density at radius 3 is 2.66 bits per heavy atom. The lowest BCUT2D eigenvalue weighted by molar-refractivity contribution is -0.0161. The van der Waals surface area contributed by atoms with E-state index < -0.39 is 0 Å². The molecule has 1 aliphatic heterocycles. The average Bonchev–Trinajstić information content (AvgIpc) is 3.36. The van der Waals surface area contributed by atoms with Crippen molar-refractivity contribution in [1.29, 1.82) is 0 Å². The van der Waals surface area contributed by atoms with Crippen LogP contribution in [0.2, 0.25) is 0 Å². The summed E-state index contributed by atoms with van der Waals surface area (Å²) in [6, 6.07) is 8.65. The molecule has 0 bridgehead atoms. The lowest BCUT2D eigenvalue weighted by atomic mass is 9.81. The predicted molar refractivity (Wildman–Crippen MR) is 109 cm³/mol. The third kappa shape index (κ3) is 3.70. The molecule has 29 heavy (non-hydrogen) atoms. The molecule has 6 nitrogen and oxygen atoms in total. The lowest BCUT2D eigenvalue weighted by Crippen LogP contribution is -2.30. The number of nitrogens with zero attached hydrogens (tertiary/aromatic N) is 4. The van der Waals surface area contributed by atoms with Gasteiger partial charge in [-0.15, -0.1) is 0 Å². The first-order valence-corrected chi connectivity index (χ1v) is 10.4. The van der Waals surface area contributed by atoms with E-state index in [4.69, 9.17) is 4.74 Å². The molecule has 150 valence electrons. The van der Waals surface area contributed by atoms with Gasteiger partial charge in [0.1, 0.15) is 6.33 Å². The SMILES string of the molecule is OC(CC1c2ccccc2-c2cncn21)[C@H]1CC[C@H](OCc2cncnc2)CC1. The van der Waals surface area contributed by atoms with E-state index in [1.807, 2.05) is 12.5 Å². The van der Waals surface area contributed by atoms with Gasteiger partial charge in [0, 0.05) is 23.5 Å². The van der Waals surface area contributed by atoms with Gasteiger partial charge in [0.15, 0.2) is 0 Å². The van der Waals surface area contributed by atoms with Crippen LogP contribution >= 0.6 is 0 Å². The van der Waals surface area contributed by atoms with E-state index in [0.29, 0.717) is 12.5 Å². The van der Waals surface area contributed by atoms with Gasteiger partial charge < -0.3 is 14.4 Å². The molecule has 2 atom stereocenters. The number of aliphatic hydroxyl groups is 1. The fraction of sp³-hybridized carbons (Fsp3) is 0.435. The molecule has 2 unspecified atom stereocenters. The fourth-order valence-electron chi connectivity index (χ4n) is 4.85. The quantitative estimate of drug-likeness (QED) is 0.694. The number of hydrogen-bond donors (Lipinski definition) is 1. The highest BCUT2D eigenvalue weighted by molar-refractivity contribution is 5.68. The van der Waals surface area contributed by atoms with Gasteiger partial charge in [-0.25, -0.2) is 15.0 Å². The van der Waals surface area contributed by atoms with Crippen molar-refractivity contribution in [3.8, 4) is 11.3 Å². The van der Waals surface area contributed by atoms with Crippen molar-refractivity contribution in [1.82, 2.24) is 19.5 Å². The Morgan fingerprint density at radius 2 is 1.83 bits per heavy atom. The van der Waals surface area contributed by atoms with Crippen LogP contribution in [-0.2, 0) is 11.3 Å². The Labute approximate surface area is 170 Å². The van der Waals surface area contributed by atoms with Crippen LogP contribution in [0.3, 0.4) is 0 Å². The highest BCUT2D eigenvalue weighted by atomic mass is 16.5. The van der Waals surface area contributed by atoms with Crippen LogP contribution in [0.5, 0.6) is 0 Å². The van der Waals surface area contributed by atoms with E-state index in [-0.39, 0.29) is 18.2 Å². The number of hydrogen-bond acceptors (Lipinski definition) is 5. The van der Waals surface area contributed by atoms with Gasteiger partial charge in [-0.2, -0.15) is 0 Å². The molecular formula is C23H26N4O2. The number of imidazole rings is 1. The molecule has 1 aromatic carbocycles. The third-order valence-electron chi connectivity index (χ3n) is 6.43. The molecule has 2 aliphatic rings. The molecule has 5 rings (SSSR count). The molecule has 1 aliphatic carbocycles. The van der Waals surface area contributed by atoms with E-state index in [1.54, 1.807) is 12.4 Å². The van der Waals surface area contributed by atoms with E-state index in [2.05, 4.69) is 43.8 Å². The second-order valence-corrected chi connectivity index (χ2v) is 8.19. The van der Waals surface area contributed by atoms with Gasteiger partial charge in [-0.05, 0) is 43.6 Å². The zero-order valence-electron chi connectivity index (χ0n) is 16.4. The van der Waals surface area contributed by atoms with E-state index in [9.17, 15) is 5.11 Å². The van der Waals surface area contributed by atoms with Crippen LogP contribution in [0.15, 0.2) is 55.5 Å². The molecule has 3 heterocycles. The molecule has 0 spiro atoms. The minimum absolute atomic E-state index is 0.172. The molecule has 0 radical (unpaired) electrons. The van der Waals surface area contributed by atoms with Crippen molar-refractivity contribution in [3.63, 3.8) is 0 Å². The molecule has 1 N–H and O–H groups in total. The standard InChI is InChI=1S/C23H26N4O2/c28-23(9-21-19-3-1-2-4-20(19)22-12-26-15-27(21)22)17-5-7-18(8-6-17)29-13-16-10-24-14-25-11-16/h1-4,10-12,14-15,17-18,21,23,28H,5-9,13H2/t17-,18-,21?,23?. The van der Waals surface area contributed by atoms with Crippen molar-refractivity contribution in [2.24, 2.45) is 5.92 Å². The number of rotatable bonds is 6. The summed E-state index contributed by atoms with van der Waals surface area (Å²) in [5, 5.41) is 11.0. The van der Waals surface area contributed by atoms with Gasteiger partial charge in [0.25, 0.3) is 0 Å². The fourth-order valence-corrected chi connectivity index (χ4v) is 4.85. The molecule has 0 amide bonds.